The second-order valence-corrected chi connectivity index (χ2v) is 4.02. The standard InChI is InChI=1S/C10H17N3O3/c1-4-10(14,5-2)7-12-6-8(3)9(11-12)13(15)16/h6,14H,4-5,7H2,1-3H3. The monoisotopic (exact) mass is 227 g/mol. The van der Waals surface area contributed by atoms with Crippen LogP contribution in [-0.4, -0.2) is 25.4 Å². The summed E-state index contributed by atoms with van der Waals surface area (Å²) >= 11 is 0. The average Bonchev–Trinajstić information content (AvgIpc) is 2.59. The summed E-state index contributed by atoms with van der Waals surface area (Å²) in [6.45, 7) is 5.69. The lowest BCUT2D eigenvalue weighted by Crippen LogP contribution is -2.32. The maximum absolute atomic E-state index is 10.6. The minimum Gasteiger partial charge on any atom is -0.388 e. The number of rotatable bonds is 5. The first-order valence-electron chi connectivity index (χ1n) is 5.32. The number of nitrogens with zero attached hydrogens (tertiary/aromatic N) is 3. The lowest BCUT2D eigenvalue weighted by atomic mass is 9.98. The Hall–Kier alpha value is -1.43. The minimum absolute atomic E-state index is 0.144. The molecular weight excluding hydrogens is 210 g/mol. The maximum Gasteiger partial charge on any atom is 0.392 e. The van der Waals surface area contributed by atoms with Crippen LogP contribution in [0.1, 0.15) is 32.3 Å². The van der Waals surface area contributed by atoms with Gasteiger partial charge in [-0.1, -0.05) is 13.8 Å². The van der Waals surface area contributed by atoms with Crippen LogP contribution >= 0.6 is 0 Å². The van der Waals surface area contributed by atoms with Gasteiger partial charge in [0, 0.05) is 0 Å². The molecule has 0 saturated carbocycles. The van der Waals surface area contributed by atoms with Crippen molar-refractivity contribution in [3.8, 4) is 0 Å². The molecule has 0 aliphatic heterocycles. The molecule has 0 unspecified atom stereocenters. The molecule has 90 valence electrons. The zero-order valence-electron chi connectivity index (χ0n) is 9.80. The second-order valence-electron chi connectivity index (χ2n) is 4.02. The van der Waals surface area contributed by atoms with Crippen molar-refractivity contribution in [2.45, 2.75) is 45.8 Å². The highest BCUT2D eigenvalue weighted by Crippen LogP contribution is 2.20. The topological polar surface area (TPSA) is 81.2 Å². The van der Waals surface area contributed by atoms with Gasteiger partial charge in [0.2, 0.25) is 0 Å². The quantitative estimate of drug-likeness (QED) is 0.612. The zero-order chi connectivity index (χ0) is 12.3. The van der Waals surface area contributed by atoms with E-state index in [1.807, 2.05) is 13.8 Å². The van der Waals surface area contributed by atoms with Crippen LogP contribution in [0.25, 0.3) is 0 Å². The number of aryl methyl sites for hydroxylation is 1. The van der Waals surface area contributed by atoms with Crippen LogP contribution in [0.5, 0.6) is 0 Å². The average molecular weight is 227 g/mol. The fraction of sp³-hybridized carbons (Fsp3) is 0.700. The molecule has 1 heterocycles. The summed E-state index contributed by atoms with van der Waals surface area (Å²) in [5.41, 5.74) is -0.327. The Morgan fingerprint density at radius 1 is 1.56 bits per heavy atom. The number of nitro groups is 1. The SMILES string of the molecule is CCC(O)(CC)Cn1cc(C)c([N+](=O)[O-])n1. The number of hydrogen-bond acceptors (Lipinski definition) is 4. The van der Waals surface area contributed by atoms with Gasteiger partial charge in [-0.2, -0.15) is 4.68 Å². The summed E-state index contributed by atoms with van der Waals surface area (Å²) in [5.74, 6) is -0.144. The summed E-state index contributed by atoms with van der Waals surface area (Å²) in [5, 5.41) is 24.5. The minimum atomic E-state index is -0.841. The highest BCUT2D eigenvalue weighted by Gasteiger charge is 2.26. The molecule has 0 amide bonds. The highest BCUT2D eigenvalue weighted by atomic mass is 16.6. The molecule has 0 atom stereocenters. The number of hydrogen-bond donors (Lipinski definition) is 1. The Labute approximate surface area is 94.0 Å². The van der Waals surface area contributed by atoms with Gasteiger partial charge in [0.1, 0.15) is 0 Å². The van der Waals surface area contributed by atoms with Crippen molar-refractivity contribution in [1.82, 2.24) is 9.78 Å². The highest BCUT2D eigenvalue weighted by molar-refractivity contribution is 5.28. The molecule has 0 aliphatic carbocycles. The van der Waals surface area contributed by atoms with Crippen LogP contribution in [0.4, 0.5) is 5.82 Å². The third-order valence-electron chi connectivity index (χ3n) is 2.86. The van der Waals surface area contributed by atoms with Gasteiger partial charge in [0.15, 0.2) is 0 Å². The van der Waals surface area contributed by atoms with E-state index < -0.39 is 10.5 Å². The molecule has 0 aliphatic rings. The molecule has 1 aromatic heterocycles. The predicted molar refractivity (Wildman–Crippen MR) is 59.2 cm³/mol. The molecule has 0 aromatic carbocycles. The zero-order valence-corrected chi connectivity index (χ0v) is 9.80. The fourth-order valence-corrected chi connectivity index (χ4v) is 1.55. The van der Waals surface area contributed by atoms with Crippen molar-refractivity contribution in [1.29, 1.82) is 0 Å². The number of aromatic nitrogens is 2. The van der Waals surface area contributed by atoms with E-state index in [0.717, 1.165) is 0 Å². The summed E-state index contributed by atoms with van der Waals surface area (Å²) in [7, 11) is 0. The first-order valence-corrected chi connectivity index (χ1v) is 5.32. The van der Waals surface area contributed by atoms with E-state index in [0.29, 0.717) is 18.4 Å². The molecule has 0 spiro atoms. The third-order valence-corrected chi connectivity index (χ3v) is 2.86. The lowest BCUT2D eigenvalue weighted by Gasteiger charge is -2.23. The first-order chi connectivity index (χ1) is 7.41. The smallest absolute Gasteiger partial charge is 0.388 e. The molecular formula is C10H17N3O3. The van der Waals surface area contributed by atoms with Gasteiger partial charge < -0.3 is 15.2 Å². The van der Waals surface area contributed by atoms with Crippen LogP contribution in [-0.2, 0) is 6.54 Å². The molecule has 1 rings (SSSR count). The van der Waals surface area contributed by atoms with E-state index in [-0.39, 0.29) is 12.4 Å². The Morgan fingerprint density at radius 2 is 2.12 bits per heavy atom. The Balaban J connectivity index is 2.90. The Morgan fingerprint density at radius 3 is 2.50 bits per heavy atom. The summed E-state index contributed by atoms with van der Waals surface area (Å²) in [6.07, 6.45) is 2.78. The lowest BCUT2D eigenvalue weighted by molar-refractivity contribution is -0.390. The second kappa shape index (κ2) is 4.61. The van der Waals surface area contributed by atoms with Crippen LogP contribution in [0.15, 0.2) is 6.20 Å². The van der Waals surface area contributed by atoms with Crippen LogP contribution in [0.3, 0.4) is 0 Å². The molecule has 1 aromatic rings. The summed E-state index contributed by atoms with van der Waals surface area (Å²) < 4.78 is 1.44. The summed E-state index contributed by atoms with van der Waals surface area (Å²) in [6, 6.07) is 0. The van der Waals surface area contributed by atoms with Crippen molar-refractivity contribution in [2.75, 3.05) is 0 Å². The van der Waals surface area contributed by atoms with Gasteiger partial charge in [0.05, 0.1) is 29.0 Å². The molecule has 1 N–H and O–H groups in total. The van der Waals surface area contributed by atoms with E-state index in [4.69, 9.17) is 0 Å². The van der Waals surface area contributed by atoms with Crippen LogP contribution in [0, 0.1) is 17.0 Å². The van der Waals surface area contributed by atoms with E-state index in [9.17, 15) is 15.2 Å². The van der Waals surface area contributed by atoms with E-state index in [1.54, 1.807) is 13.1 Å². The van der Waals surface area contributed by atoms with E-state index in [1.165, 1.54) is 4.68 Å². The van der Waals surface area contributed by atoms with Gasteiger partial charge in [0.25, 0.3) is 0 Å². The Bertz CT molecular complexity index is 383. The van der Waals surface area contributed by atoms with Crippen molar-refractivity contribution in [3.63, 3.8) is 0 Å². The van der Waals surface area contributed by atoms with E-state index in [2.05, 4.69) is 5.10 Å². The molecule has 6 heteroatoms. The Kier molecular flexibility index (Phi) is 3.64. The van der Waals surface area contributed by atoms with Crippen LogP contribution in [0.2, 0.25) is 0 Å². The maximum atomic E-state index is 10.6. The van der Waals surface area contributed by atoms with Crippen LogP contribution < -0.4 is 0 Å². The molecule has 16 heavy (non-hydrogen) atoms. The van der Waals surface area contributed by atoms with Crippen molar-refractivity contribution in [2.24, 2.45) is 0 Å². The molecule has 0 bridgehead atoms. The molecule has 0 fully saturated rings. The van der Waals surface area contributed by atoms with Crippen molar-refractivity contribution >= 4 is 5.82 Å². The normalized spacial score (nSPS) is 11.8. The van der Waals surface area contributed by atoms with Crippen molar-refractivity contribution < 1.29 is 10.0 Å². The van der Waals surface area contributed by atoms with Crippen molar-refractivity contribution in [3.05, 3.63) is 21.9 Å². The molecule has 6 nitrogen and oxygen atoms in total. The number of aliphatic hydroxyl groups is 1. The van der Waals surface area contributed by atoms with Gasteiger partial charge in [-0.25, -0.2) is 0 Å². The van der Waals surface area contributed by atoms with Gasteiger partial charge >= 0.3 is 5.82 Å². The predicted octanol–water partition coefficient (Wildman–Crippen LogP) is 1.65. The van der Waals surface area contributed by atoms with Gasteiger partial charge in [-0.3, -0.25) is 0 Å². The first kappa shape index (κ1) is 12.6. The van der Waals surface area contributed by atoms with Gasteiger partial charge in [-0.15, -0.1) is 0 Å². The fourth-order valence-electron chi connectivity index (χ4n) is 1.55. The largest absolute Gasteiger partial charge is 0.392 e. The third kappa shape index (κ3) is 2.57. The van der Waals surface area contributed by atoms with Gasteiger partial charge in [-0.05, 0) is 24.7 Å². The van der Waals surface area contributed by atoms with E-state index >= 15 is 0 Å². The summed E-state index contributed by atoms with van der Waals surface area (Å²) in [4.78, 5) is 10.1. The molecule has 0 saturated heterocycles. The molecule has 0 radical (unpaired) electrons.